The number of nitro benzene ring substituents is 1. The number of hydrazine groups is 1. The predicted molar refractivity (Wildman–Crippen MR) is 111 cm³/mol. The fourth-order valence-electron chi connectivity index (χ4n) is 2.54. The summed E-state index contributed by atoms with van der Waals surface area (Å²) in [4.78, 5) is 36.8. The number of non-ortho nitro benzene ring substituents is 1. The standard InChI is InChI=1S/C20H24N4O6/c1-5-29-15-7-9-16(10-8-15)30-13(2)19(25)21-22-20(26)17-12-14(24(27)28)6-11-18(17)23(3)4/h6-13H,5H2,1-4H3,(H,21,25)(H,22,26)/t13-/m1/s1. The summed E-state index contributed by atoms with van der Waals surface area (Å²) in [5, 5.41) is 11.0. The highest BCUT2D eigenvalue weighted by Crippen LogP contribution is 2.24. The minimum Gasteiger partial charge on any atom is -0.494 e. The Morgan fingerprint density at radius 3 is 2.30 bits per heavy atom. The predicted octanol–water partition coefficient (Wildman–Crippen LogP) is 2.29. The minimum atomic E-state index is -0.901. The van der Waals surface area contributed by atoms with Crippen molar-refractivity contribution in [3.63, 3.8) is 0 Å². The maximum absolute atomic E-state index is 12.5. The van der Waals surface area contributed by atoms with Gasteiger partial charge in [-0.05, 0) is 44.2 Å². The molecule has 0 unspecified atom stereocenters. The number of nitro groups is 1. The highest BCUT2D eigenvalue weighted by molar-refractivity contribution is 6.01. The Morgan fingerprint density at radius 2 is 1.73 bits per heavy atom. The molecule has 0 saturated carbocycles. The van der Waals surface area contributed by atoms with Crippen LogP contribution < -0.4 is 25.2 Å². The summed E-state index contributed by atoms with van der Waals surface area (Å²) < 4.78 is 10.9. The van der Waals surface area contributed by atoms with Gasteiger partial charge in [0, 0.05) is 31.9 Å². The second-order valence-corrected chi connectivity index (χ2v) is 6.46. The lowest BCUT2D eigenvalue weighted by Crippen LogP contribution is -2.47. The third kappa shape index (κ3) is 5.84. The fraction of sp³-hybridized carbons (Fsp3) is 0.300. The molecule has 10 heteroatoms. The molecule has 2 N–H and O–H groups in total. The summed E-state index contributed by atoms with van der Waals surface area (Å²) in [6.45, 7) is 3.94. The summed E-state index contributed by atoms with van der Waals surface area (Å²) in [7, 11) is 3.40. The van der Waals surface area contributed by atoms with Crippen LogP contribution in [0.3, 0.4) is 0 Å². The quantitative estimate of drug-likeness (QED) is 0.500. The first-order valence-corrected chi connectivity index (χ1v) is 9.18. The molecule has 0 aliphatic carbocycles. The zero-order valence-corrected chi connectivity index (χ0v) is 17.2. The molecule has 30 heavy (non-hydrogen) atoms. The van der Waals surface area contributed by atoms with E-state index in [1.165, 1.54) is 19.1 Å². The van der Waals surface area contributed by atoms with Crippen molar-refractivity contribution in [2.24, 2.45) is 0 Å². The molecule has 2 aromatic carbocycles. The minimum absolute atomic E-state index is 0.0505. The SMILES string of the molecule is CCOc1ccc(O[C@H](C)C(=O)NNC(=O)c2cc([N+](=O)[O-])ccc2N(C)C)cc1. The topological polar surface area (TPSA) is 123 Å². The van der Waals surface area contributed by atoms with Crippen LogP contribution in [0.15, 0.2) is 42.5 Å². The molecule has 0 heterocycles. The number of benzene rings is 2. The summed E-state index contributed by atoms with van der Waals surface area (Å²) in [6.07, 6.45) is -0.901. The first-order valence-electron chi connectivity index (χ1n) is 9.18. The van der Waals surface area contributed by atoms with E-state index in [0.717, 1.165) is 6.07 Å². The molecule has 2 amide bonds. The highest BCUT2D eigenvalue weighted by Gasteiger charge is 2.20. The molecular weight excluding hydrogens is 392 g/mol. The van der Waals surface area contributed by atoms with Crippen LogP contribution >= 0.6 is 0 Å². The van der Waals surface area contributed by atoms with Crippen LogP contribution in [-0.2, 0) is 4.79 Å². The molecule has 1 atom stereocenters. The average molecular weight is 416 g/mol. The Morgan fingerprint density at radius 1 is 1.10 bits per heavy atom. The zero-order valence-electron chi connectivity index (χ0n) is 17.2. The van der Waals surface area contributed by atoms with Crippen LogP contribution in [0.25, 0.3) is 0 Å². The van der Waals surface area contributed by atoms with Gasteiger partial charge >= 0.3 is 0 Å². The van der Waals surface area contributed by atoms with Crippen LogP contribution in [0.4, 0.5) is 11.4 Å². The maximum Gasteiger partial charge on any atom is 0.279 e. The lowest BCUT2D eigenvalue weighted by atomic mass is 10.1. The molecule has 0 saturated heterocycles. The molecule has 0 aliphatic heterocycles. The second kappa shape index (κ2) is 10.1. The Labute approximate surface area is 173 Å². The normalized spacial score (nSPS) is 11.2. The number of nitrogens with zero attached hydrogens (tertiary/aromatic N) is 2. The third-order valence-corrected chi connectivity index (χ3v) is 4.03. The zero-order chi connectivity index (χ0) is 22.3. The van der Waals surface area contributed by atoms with Crippen molar-refractivity contribution >= 4 is 23.2 Å². The molecule has 0 spiro atoms. The van der Waals surface area contributed by atoms with E-state index < -0.39 is 22.8 Å². The van der Waals surface area contributed by atoms with E-state index in [4.69, 9.17) is 9.47 Å². The van der Waals surface area contributed by atoms with E-state index in [9.17, 15) is 19.7 Å². The van der Waals surface area contributed by atoms with Crippen molar-refractivity contribution < 1.29 is 24.0 Å². The number of carbonyl (C=O) groups is 2. The molecule has 0 aliphatic rings. The third-order valence-electron chi connectivity index (χ3n) is 4.03. The van der Waals surface area contributed by atoms with Crippen molar-refractivity contribution in [2.45, 2.75) is 20.0 Å². The van der Waals surface area contributed by atoms with E-state index in [0.29, 0.717) is 23.8 Å². The van der Waals surface area contributed by atoms with Crippen LogP contribution in [-0.4, -0.2) is 43.5 Å². The van der Waals surface area contributed by atoms with E-state index in [2.05, 4.69) is 10.9 Å². The number of hydrogen-bond donors (Lipinski definition) is 2. The van der Waals surface area contributed by atoms with Crippen molar-refractivity contribution in [2.75, 3.05) is 25.6 Å². The Bertz CT molecular complexity index is 914. The van der Waals surface area contributed by atoms with Gasteiger partial charge in [-0.25, -0.2) is 0 Å². The van der Waals surface area contributed by atoms with Gasteiger partial charge in [-0.15, -0.1) is 0 Å². The lowest BCUT2D eigenvalue weighted by molar-refractivity contribution is -0.384. The first kappa shape index (κ1) is 22.5. The number of nitrogens with one attached hydrogen (secondary N) is 2. The van der Waals surface area contributed by atoms with Gasteiger partial charge in [-0.3, -0.25) is 30.6 Å². The molecule has 160 valence electrons. The van der Waals surface area contributed by atoms with E-state index in [-0.39, 0.29) is 11.3 Å². The number of carbonyl (C=O) groups excluding carboxylic acids is 2. The molecule has 0 bridgehead atoms. The fourth-order valence-corrected chi connectivity index (χ4v) is 2.54. The second-order valence-electron chi connectivity index (χ2n) is 6.46. The molecule has 2 rings (SSSR count). The van der Waals surface area contributed by atoms with Gasteiger partial charge in [-0.1, -0.05) is 0 Å². The van der Waals surface area contributed by atoms with Crippen LogP contribution in [0, 0.1) is 10.1 Å². The maximum atomic E-state index is 12.5. The first-order chi connectivity index (χ1) is 14.2. The van der Waals surface area contributed by atoms with Gasteiger partial charge in [0.15, 0.2) is 6.10 Å². The molecule has 0 radical (unpaired) electrons. The number of rotatable bonds is 8. The largest absolute Gasteiger partial charge is 0.494 e. The van der Waals surface area contributed by atoms with Crippen LogP contribution in [0.2, 0.25) is 0 Å². The van der Waals surface area contributed by atoms with E-state index in [1.54, 1.807) is 43.3 Å². The Hall–Kier alpha value is -3.82. The van der Waals surface area contributed by atoms with E-state index >= 15 is 0 Å². The van der Waals surface area contributed by atoms with Crippen molar-refractivity contribution in [3.8, 4) is 11.5 Å². The van der Waals surface area contributed by atoms with Crippen molar-refractivity contribution in [1.29, 1.82) is 0 Å². The smallest absolute Gasteiger partial charge is 0.279 e. The number of amides is 2. The van der Waals surface area contributed by atoms with Crippen molar-refractivity contribution in [3.05, 3.63) is 58.1 Å². The van der Waals surface area contributed by atoms with Crippen molar-refractivity contribution in [1.82, 2.24) is 10.9 Å². The summed E-state index contributed by atoms with van der Waals surface area (Å²) in [5.41, 5.74) is 4.82. The van der Waals surface area contributed by atoms with Crippen LogP contribution in [0.1, 0.15) is 24.2 Å². The lowest BCUT2D eigenvalue weighted by Gasteiger charge is -2.18. The van der Waals surface area contributed by atoms with Gasteiger partial charge in [0.2, 0.25) is 0 Å². The van der Waals surface area contributed by atoms with E-state index in [1.807, 2.05) is 6.92 Å². The summed E-state index contributed by atoms with van der Waals surface area (Å²) in [5.74, 6) is -0.137. The van der Waals surface area contributed by atoms with Gasteiger partial charge in [0.1, 0.15) is 11.5 Å². The molecule has 0 aromatic heterocycles. The highest BCUT2D eigenvalue weighted by atomic mass is 16.6. The number of ether oxygens (including phenoxy) is 2. The molecule has 0 fully saturated rings. The summed E-state index contributed by atoms with van der Waals surface area (Å²) >= 11 is 0. The monoisotopic (exact) mass is 416 g/mol. The average Bonchev–Trinajstić information content (AvgIpc) is 2.72. The Kier molecular flexibility index (Phi) is 7.56. The molecule has 10 nitrogen and oxygen atoms in total. The molecule has 2 aromatic rings. The van der Waals surface area contributed by atoms with Gasteiger partial charge in [0.05, 0.1) is 17.1 Å². The number of hydrogen-bond acceptors (Lipinski definition) is 7. The van der Waals surface area contributed by atoms with Gasteiger partial charge in [0.25, 0.3) is 17.5 Å². The van der Waals surface area contributed by atoms with Gasteiger partial charge < -0.3 is 14.4 Å². The summed E-state index contributed by atoms with van der Waals surface area (Å²) in [6, 6.07) is 10.7. The number of anilines is 1. The molecular formula is C20H24N4O6. The van der Waals surface area contributed by atoms with Crippen LogP contribution in [0.5, 0.6) is 11.5 Å². The van der Waals surface area contributed by atoms with Gasteiger partial charge in [-0.2, -0.15) is 0 Å². The Balaban J connectivity index is 2.00.